The van der Waals surface area contributed by atoms with Gasteiger partial charge in [-0.15, -0.1) is 0 Å². The number of carbonyl (C=O) groups excluding carboxylic acids is 1. The molecule has 0 saturated carbocycles. The Morgan fingerprint density at radius 1 is 1.00 bits per heavy atom. The van der Waals surface area contributed by atoms with Crippen LogP contribution in [-0.2, 0) is 11.2 Å². The summed E-state index contributed by atoms with van der Waals surface area (Å²) in [7, 11) is 0. The molecule has 30 heavy (non-hydrogen) atoms. The fourth-order valence-corrected chi connectivity index (χ4v) is 3.33. The minimum Gasteiger partial charge on any atom is -0.364 e. The van der Waals surface area contributed by atoms with Crippen LogP contribution >= 0.6 is 0 Å². The average Bonchev–Trinajstić information content (AvgIpc) is 3.42. The minimum absolute atomic E-state index is 0.109. The summed E-state index contributed by atoms with van der Waals surface area (Å²) >= 11 is 0. The zero-order valence-corrected chi connectivity index (χ0v) is 15.7. The SMILES string of the molecule is O=C(Cc1ccon1)Nc1cc(-c2[nH]c3cccnc3c2-c2ccccn2)ccn1. The maximum Gasteiger partial charge on any atom is 0.231 e. The van der Waals surface area contributed by atoms with Crippen LogP contribution in [0.3, 0.4) is 0 Å². The van der Waals surface area contributed by atoms with Crippen molar-refractivity contribution in [2.75, 3.05) is 5.32 Å². The molecule has 0 aliphatic rings. The van der Waals surface area contributed by atoms with Crippen molar-refractivity contribution >= 4 is 22.8 Å². The molecule has 0 spiro atoms. The zero-order valence-electron chi connectivity index (χ0n) is 15.7. The van der Waals surface area contributed by atoms with Crippen LogP contribution < -0.4 is 5.32 Å². The third-order valence-electron chi connectivity index (χ3n) is 4.62. The second-order valence-corrected chi connectivity index (χ2v) is 6.64. The van der Waals surface area contributed by atoms with Crippen molar-refractivity contribution in [2.45, 2.75) is 6.42 Å². The van der Waals surface area contributed by atoms with Crippen LogP contribution in [-0.4, -0.2) is 31.0 Å². The molecule has 0 unspecified atom stereocenters. The van der Waals surface area contributed by atoms with Gasteiger partial charge in [-0.3, -0.25) is 14.8 Å². The van der Waals surface area contributed by atoms with Crippen molar-refractivity contribution in [2.24, 2.45) is 0 Å². The first-order valence-corrected chi connectivity index (χ1v) is 9.31. The van der Waals surface area contributed by atoms with Crippen LogP contribution in [0, 0.1) is 0 Å². The average molecular weight is 396 g/mol. The summed E-state index contributed by atoms with van der Waals surface area (Å²) in [5, 5.41) is 6.56. The van der Waals surface area contributed by atoms with Gasteiger partial charge in [-0.25, -0.2) is 4.98 Å². The first kappa shape index (κ1) is 17.7. The van der Waals surface area contributed by atoms with E-state index in [0.717, 1.165) is 33.5 Å². The van der Waals surface area contributed by atoms with E-state index in [-0.39, 0.29) is 12.3 Å². The lowest BCUT2D eigenvalue weighted by molar-refractivity contribution is -0.115. The van der Waals surface area contributed by atoms with Gasteiger partial charge in [0.1, 0.15) is 12.1 Å². The third kappa shape index (κ3) is 3.42. The monoisotopic (exact) mass is 396 g/mol. The Balaban J connectivity index is 1.53. The predicted octanol–water partition coefficient (Wildman–Crippen LogP) is 3.86. The highest BCUT2D eigenvalue weighted by atomic mass is 16.5. The van der Waals surface area contributed by atoms with E-state index in [9.17, 15) is 4.79 Å². The van der Waals surface area contributed by atoms with Crippen LogP contribution in [0.15, 0.2) is 77.9 Å². The molecule has 0 radical (unpaired) electrons. The first-order valence-electron chi connectivity index (χ1n) is 9.31. The molecule has 5 heterocycles. The molecular weight excluding hydrogens is 380 g/mol. The number of hydrogen-bond acceptors (Lipinski definition) is 6. The van der Waals surface area contributed by atoms with E-state index in [2.05, 4.69) is 30.4 Å². The second kappa shape index (κ2) is 7.59. The second-order valence-electron chi connectivity index (χ2n) is 6.64. The minimum atomic E-state index is -0.225. The van der Waals surface area contributed by atoms with Gasteiger partial charge in [0.15, 0.2) is 0 Å². The van der Waals surface area contributed by atoms with E-state index in [1.165, 1.54) is 6.26 Å². The molecule has 8 heteroatoms. The lowest BCUT2D eigenvalue weighted by atomic mass is 10.0. The van der Waals surface area contributed by atoms with Crippen LogP contribution in [0.25, 0.3) is 33.5 Å². The summed E-state index contributed by atoms with van der Waals surface area (Å²) in [6, 6.07) is 15.0. The first-order chi connectivity index (χ1) is 14.8. The molecule has 0 bridgehead atoms. The highest BCUT2D eigenvalue weighted by Gasteiger charge is 2.17. The highest BCUT2D eigenvalue weighted by Crippen LogP contribution is 2.36. The van der Waals surface area contributed by atoms with Gasteiger partial charge in [-0.1, -0.05) is 11.2 Å². The number of aromatic nitrogens is 5. The quantitative estimate of drug-likeness (QED) is 0.467. The molecule has 8 nitrogen and oxygen atoms in total. The van der Waals surface area contributed by atoms with E-state index in [1.54, 1.807) is 24.7 Å². The summed E-state index contributed by atoms with van der Waals surface area (Å²) in [5.41, 5.74) is 5.73. The number of amides is 1. The number of anilines is 1. The van der Waals surface area contributed by atoms with Gasteiger partial charge in [0.25, 0.3) is 0 Å². The zero-order chi connectivity index (χ0) is 20.3. The van der Waals surface area contributed by atoms with Crippen molar-refractivity contribution in [1.82, 2.24) is 25.1 Å². The Kier molecular flexibility index (Phi) is 4.49. The number of fused-ring (bicyclic) bond motifs is 1. The van der Waals surface area contributed by atoms with Crippen LogP contribution in [0.1, 0.15) is 5.69 Å². The summed E-state index contributed by atoms with van der Waals surface area (Å²) in [6.45, 7) is 0. The summed E-state index contributed by atoms with van der Waals surface area (Å²) < 4.78 is 4.76. The molecule has 0 saturated heterocycles. The molecule has 5 aromatic rings. The van der Waals surface area contributed by atoms with Crippen molar-refractivity contribution in [1.29, 1.82) is 0 Å². The lowest BCUT2D eigenvalue weighted by Gasteiger charge is -2.07. The molecule has 0 aliphatic carbocycles. The number of carbonyl (C=O) groups is 1. The normalized spacial score (nSPS) is 10.9. The number of rotatable bonds is 5. The Morgan fingerprint density at radius 2 is 1.93 bits per heavy atom. The number of pyridine rings is 3. The van der Waals surface area contributed by atoms with Crippen molar-refractivity contribution in [3.63, 3.8) is 0 Å². The summed E-state index contributed by atoms with van der Waals surface area (Å²) in [5.74, 6) is 0.219. The van der Waals surface area contributed by atoms with Gasteiger partial charge in [0, 0.05) is 30.2 Å². The van der Waals surface area contributed by atoms with Gasteiger partial charge < -0.3 is 14.8 Å². The van der Waals surface area contributed by atoms with Gasteiger partial charge in [-0.2, -0.15) is 0 Å². The maximum atomic E-state index is 12.3. The number of aromatic amines is 1. The molecule has 2 N–H and O–H groups in total. The molecule has 1 amide bonds. The number of H-pyrrole nitrogens is 1. The van der Waals surface area contributed by atoms with Gasteiger partial charge in [0.05, 0.1) is 40.1 Å². The van der Waals surface area contributed by atoms with E-state index in [1.807, 2.05) is 42.5 Å². The summed E-state index contributed by atoms with van der Waals surface area (Å²) in [4.78, 5) is 29.0. The van der Waals surface area contributed by atoms with Gasteiger partial charge >= 0.3 is 0 Å². The molecule has 5 aromatic heterocycles. The standard InChI is InChI=1S/C22H16N6O2/c29-19(13-15-7-11-30-28-15)27-18-12-14(6-10-24-18)21-20(16-4-1-2-8-23-16)22-17(26-21)5-3-9-25-22/h1-12,26H,13H2,(H,24,27,29). The Morgan fingerprint density at radius 3 is 2.77 bits per heavy atom. The molecule has 0 aliphatic heterocycles. The molecular formula is C22H16N6O2. The van der Waals surface area contributed by atoms with Crippen LogP contribution in [0.2, 0.25) is 0 Å². The largest absolute Gasteiger partial charge is 0.364 e. The number of nitrogens with one attached hydrogen (secondary N) is 2. The van der Waals surface area contributed by atoms with Crippen molar-refractivity contribution in [3.05, 3.63) is 79.1 Å². The van der Waals surface area contributed by atoms with E-state index in [0.29, 0.717) is 11.5 Å². The molecule has 0 fully saturated rings. The smallest absolute Gasteiger partial charge is 0.231 e. The van der Waals surface area contributed by atoms with Gasteiger partial charge in [-0.05, 0) is 36.4 Å². The fourth-order valence-electron chi connectivity index (χ4n) is 3.33. The third-order valence-corrected chi connectivity index (χ3v) is 4.62. The van der Waals surface area contributed by atoms with Crippen LogP contribution in [0.4, 0.5) is 5.82 Å². The predicted molar refractivity (Wildman–Crippen MR) is 111 cm³/mol. The van der Waals surface area contributed by atoms with E-state index < -0.39 is 0 Å². The molecule has 0 atom stereocenters. The molecule has 0 aromatic carbocycles. The lowest BCUT2D eigenvalue weighted by Crippen LogP contribution is -2.15. The van der Waals surface area contributed by atoms with Crippen molar-refractivity contribution in [3.8, 4) is 22.5 Å². The molecule has 146 valence electrons. The van der Waals surface area contributed by atoms with Crippen LogP contribution in [0.5, 0.6) is 0 Å². The Labute approximate surface area is 171 Å². The number of nitrogens with zero attached hydrogens (tertiary/aromatic N) is 4. The Bertz CT molecular complexity index is 1310. The van der Waals surface area contributed by atoms with Gasteiger partial charge in [0.2, 0.25) is 5.91 Å². The fraction of sp³-hybridized carbons (Fsp3) is 0.0455. The van der Waals surface area contributed by atoms with E-state index in [4.69, 9.17) is 4.52 Å². The van der Waals surface area contributed by atoms with Crippen molar-refractivity contribution < 1.29 is 9.32 Å². The highest BCUT2D eigenvalue weighted by molar-refractivity contribution is 6.01. The maximum absolute atomic E-state index is 12.3. The molecule has 5 rings (SSSR count). The summed E-state index contributed by atoms with van der Waals surface area (Å²) in [6.07, 6.45) is 6.71. The van der Waals surface area contributed by atoms with E-state index >= 15 is 0 Å². The number of hydrogen-bond donors (Lipinski definition) is 2. The topological polar surface area (TPSA) is 110 Å². The Hall–Kier alpha value is -4.33.